The van der Waals surface area contributed by atoms with Crippen molar-refractivity contribution in [3.05, 3.63) is 6.33 Å². The highest BCUT2D eigenvalue weighted by Crippen LogP contribution is 2.42. The van der Waals surface area contributed by atoms with Crippen LogP contribution in [0.1, 0.15) is 32.1 Å². The molecule has 0 aromatic carbocycles. The Bertz CT molecular complexity index is 577. The SMILES string of the molecule is COCCC1(C(=O)N2CCN(C(=O)Cn3cnnn3)CC2)CCCC1. The highest BCUT2D eigenvalue weighted by Gasteiger charge is 2.43. The smallest absolute Gasteiger partial charge is 0.244 e. The molecular weight excluding hydrogens is 324 g/mol. The molecular formula is C16H26N6O3. The van der Waals surface area contributed by atoms with Crippen molar-refractivity contribution in [1.82, 2.24) is 30.0 Å². The van der Waals surface area contributed by atoms with Crippen molar-refractivity contribution < 1.29 is 14.3 Å². The van der Waals surface area contributed by atoms with Gasteiger partial charge in [-0.05, 0) is 29.7 Å². The predicted molar refractivity (Wildman–Crippen MR) is 88.4 cm³/mol. The van der Waals surface area contributed by atoms with Crippen molar-refractivity contribution in [3.63, 3.8) is 0 Å². The second-order valence-corrected chi connectivity index (χ2v) is 6.91. The molecule has 1 aromatic rings. The first-order valence-electron chi connectivity index (χ1n) is 8.91. The van der Waals surface area contributed by atoms with Crippen molar-refractivity contribution in [2.45, 2.75) is 38.6 Å². The topological polar surface area (TPSA) is 93.5 Å². The molecule has 138 valence electrons. The molecule has 1 aromatic heterocycles. The van der Waals surface area contributed by atoms with Crippen molar-refractivity contribution in [2.75, 3.05) is 39.9 Å². The van der Waals surface area contributed by atoms with Crippen LogP contribution in [0.2, 0.25) is 0 Å². The van der Waals surface area contributed by atoms with Gasteiger partial charge in [0.05, 0.1) is 5.41 Å². The lowest BCUT2D eigenvalue weighted by Gasteiger charge is -2.39. The van der Waals surface area contributed by atoms with E-state index in [4.69, 9.17) is 4.74 Å². The summed E-state index contributed by atoms with van der Waals surface area (Å²) >= 11 is 0. The first kappa shape index (κ1) is 17.8. The number of carbonyl (C=O) groups excluding carboxylic acids is 2. The van der Waals surface area contributed by atoms with Gasteiger partial charge in [0.1, 0.15) is 12.9 Å². The fraction of sp³-hybridized carbons (Fsp3) is 0.812. The van der Waals surface area contributed by atoms with Gasteiger partial charge in [-0.1, -0.05) is 12.8 Å². The third kappa shape index (κ3) is 3.97. The van der Waals surface area contributed by atoms with Gasteiger partial charge in [-0.2, -0.15) is 0 Å². The molecule has 9 nitrogen and oxygen atoms in total. The number of tetrazole rings is 1. The largest absolute Gasteiger partial charge is 0.385 e. The fourth-order valence-corrected chi connectivity index (χ4v) is 3.91. The minimum atomic E-state index is -0.255. The number of carbonyl (C=O) groups is 2. The van der Waals surface area contributed by atoms with E-state index in [1.165, 1.54) is 11.0 Å². The number of methoxy groups -OCH3 is 1. The number of ether oxygens (including phenoxy) is 1. The third-order valence-corrected chi connectivity index (χ3v) is 5.41. The molecule has 1 aliphatic heterocycles. The average Bonchev–Trinajstić information content (AvgIpc) is 3.32. The van der Waals surface area contributed by atoms with Gasteiger partial charge in [-0.3, -0.25) is 9.59 Å². The van der Waals surface area contributed by atoms with E-state index in [1.54, 1.807) is 12.0 Å². The first-order valence-corrected chi connectivity index (χ1v) is 8.91. The number of nitrogens with zero attached hydrogens (tertiary/aromatic N) is 6. The molecule has 0 unspecified atom stereocenters. The van der Waals surface area contributed by atoms with Gasteiger partial charge in [0.2, 0.25) is 11.8 Å². The van der Waals surface area contributed by atoms with Gasteiger partial charge in [0.15, 0.2) is 0 Å². The summed E-state index contributed by atoms with van der Waals surface area (Å²) in [5.74, 6) is 0.226. The lowest BCUT2D eigenvalue weighted by atomic mass is 9.81. The minimum Gasteiger partial charge on any atom is -0.385 e. The number of hydrogen-bond acceptors (Lipinski definition) is 6. The van der Waals surface area contributed by atoms with Crippen LogP contribution in [0.15, 0.2) is 6.33 Å². The van der Waals surface area contributed by atoms with Crippen LogP contribution in [0.3, 0.4) is 0 Å². The highest BCUT2D eigenvalue weighted by molar-refractivity contribution is 5.83. The third-order valence-electron chi connectivity index (χ3n) is 5.41. The van der Waals surface area contributed by atoms with Gasteiger partial charge < -0.3 is 14.5 Å². The molecule has 1 saturated heterocycles. The molecule has 2 amide bonds. The summed E-state index contributed by atoms with van der Waals surface area (Å²) in [6.45, 7) is 3.07. The van der Waals surface area contributed by atoms with Crippen molar-refractivity contribution in [1.29, 1.82) is 0 Å². The van der Waals surface area contributed by atoms with Crippen LogP contribution in [0, 0.1) is 5.41 Å². The minimum absolute atomic E-state index is 0.0191. The normalized spacial score (nSPS) is 20.0. The van der Waals surface area contributed by atoms with Crippen LogP contribution in [-0.2, 0) is 20.9 Å². The van der Waals surface area contributed by atoms with Crippen LogP contribution in [0.5, 0.6) is 0 Å². The lowest BCUT2D eigenvalue weighted by Crippen LogP contribution is -2.54. The monoisotopic (exact) mass is 350 g/mol. The molecule has 9 heteroatoms. The zero-order valence-electron chi connectivity index (χ0n) is 14.8. The van der Waals surface area contributed by atoms with E-state index in [1.807, 2.05) is 4.90 Å². The molecule has 1 saturated carbocycles. The van der Waals surface area contributed by atoms with E-state index < -0.39 is 0 Å². The average molecular weight is 350 g/mol. The van der Waals surface area contributed by atoms with E-state index >= 15 is 0 Å². The van der Waals surface area contributed by atoms with Gasteiger partial charge >= 0.3 is 0 Å². The van der Waals surface area contributed by atoms with Gasteiger partial charge in [0, 0.05) is 39.9 Å². The molecule has 1 aliphatic carbocycles. The van der Waals surface area contributed by atoms with E-state index in [-0.39, 0.29) is 23.8 Å². The number of piperazine rings is 1. The Morgan fingerprint density at radius 1 is 1.12 bits per heavy atom. The maximum atomic E-state index is 13.1. The van der Waals surface area contributed by atoms with Gasteiger partial charge in [-0.25, -0.2) is 4.68 Å². The number of hydrogen-bond donors (Lipinski definition) is 0. The van der Waals surface area contributed by atoms with E-state index in [9.17, 15) is 9.59 Å². The number of amides is 2. The van der Waals surface area contributed by atoms with E-state index in [2.05, 4.69) is 15.5 Å². The van der Waals surface area contributed by atoms with Crippen LogP contribution in [-0.4, -0.2) is 81.7 Å². The number of aromatic nitrogens is 4. The summed E-state index contributed by atoms with van der Waals surface area (Å²) in [4.78, 5) is 29.1. The molecule has 0 bridgehead atoms. The Balaban J connectivity index is 1.54. The lowest BCUT2D eigenvalue weighted by molar-refractivity contribution is -0.148. The quantitative estimate of drug-likeness (QED) is 0.714. The molecule has 0 atom stereocenters. The second kappa shape index (κ2) is 7.90. The maximum absolute atomic E-state index is 13.1. The molecule has 0 radical (unpaired) electrons. The van der Waals surface area contributed by atoms with Crippen LogP contribution < -0.4 is 0 Å². The fourth-order valence-electron chi connectivity index (χ4n) is 3.91. The summed E-state index contributed by atoms with van der Waals surface area (Å²) in [7, 11) is 1.68. The van der Waals surface area contributed by atoms with Gasteiger partial charge in [0.25, 0.3) is 0 Å². The maximum Gasteiger partial charge on any atom is 0.244 e. The molecule has 0 spiro atoms. The standard InChI is InChI=1S/C16H26N6O3/c1-25-11-6-16(4-2-3-5-16)15(24)21-9-7-20(8-10-21)14(23)12-22-13-17-18-19-22/h13H,2-12H2,1H3. The van der Waals surface area contributed by atoms with E-state index in [0.717, 1.165) is 32.1 Å². The summed E-state index contributed by atoms with van der Waals surface area (Å²) in [6.07, 6.45) is 6.35. The Morgan fingerprint density at radius 2 is 1.80 bits per heavy atom. The summed E-state index contributed by atoms with van der Waals surface area (Å²) in [5, 5.41) is 10.8. The molecule has 0 N–H and O–H groups in total. The molecule has 3 rings (SSSR count). The van der Waals surface area contributed by atoms with Crippen LogP contribution >= 0.6 is 0 Å². The van der Waals surface area contributed by atoms with E-state index in [0.29, 0.717) is 32.8 Å². The van der Waals surface area contributed by atoms with Crippen LogP contribution in [0.4, 0.5) is 0 Å². The van der Waals surface area contributed by atoms with Crippen molar-refractivity contribution in [3.8, 4) is 0 Å². The van der Waals surface area contributed by atoms with Crippen molar-refractivity contribution >= 4 is 11.8 Å². The first-order chi connectivity index (χ1) is 12.1. The van der Waals surface area contributed by atoms with Gasteiger partial charge in [-0.15, -0.1) is 5.10 Å². The Morgan fingerprint density at radius 3 is 2.40 bits per heavy atom. The highest BCUT2D eigenvalue weighted by atomic mass is 16.5. The Kier molecular flexibility index (Phi) is 5.62. The number of rotatable bonds is 6. The predicted octanol–water partition coefficient (Wildman–Crippen LogP) is -0.0592. The summed E-state index contributed by atoms with van der Waals surface area (Å²) in [6, 6.07) is 0. The molecule has 25 heavy (non-hydrogen) atoms. The zero-order valence-corrected chi connectivity index (χ0v) is 14.8. The summed E-state index contributed by atoms with van der Waals surface area (Å²) in [5.41, 5.74) is -0.255. The summed E-state index contributed by atoms with van der Waals surface area (Å²) < 4.78 is 6.64. The Labute approximate surface area is 147 Å². The van der Waals surface area contributed by atoms with Crippen LogP contribution in [0.25, 0.3) is 0 Å². The molecule has 2 heterocycles. The second-order valence-electron chi connectivity index (χ2n) is 6.91. The molecule has 2 aliphatic rings. The molecule has 2 fully saturated rings. The van der Waals surface area contributed by atoms with Crippen molar-refractivity contribution in [2.24, 2.45) is 5.41 Å². The Hall–Kier alpha value is -2.03. The zero-order chi connectivity index (χ0) is 17.7.